The predicted molar refractivity (Wildman–Crippen MR) is 85.9 cm³/mol. The van der Waals surface area contributed by atoms with Gasteiger partial charge in [0, 0.05) is 10.4 Å². The summed E-state index contributed by atoms with van der Waals surface area (Å²) in [5.41, 5.74) is 3.68. The Kier molecular flexibility index (Phi) is 3.76. The summed E-state index contributed by atoms with van der Waals surface area (Å²) in [4.78, 5) is 10.3. The van der Waals surface area contributed by atoms with Gasteiger partial charge in [0.25, 0.3) is 0 Å². The second-order valence-corrected chi connectivity index (χ2v) is 6.89. The second kappa shape index (κ2) is 5.54. The van der Waals surface area contributed by atoms with Gasteiger partial charge in [-0.3, -0.25) is 0 Å². The number of anilines is 1. The normalized spacial score (nSPS) is 16.6. The van der Waals surface area contributed by atoms with Crippen LogP contribution in [0, 0.1) is 13.8 Å². The summed E-state index contributed by atoms with van der Waals surface area (Å²) >= 11 is 1.83. The summed E-state index contributed by atoms with van der Waals surface area (Å²) < 4.78 is 0. The van der Waals surface area contributed by atoms with Gasteiger partial charge < -0.3 is 9.80 Å². The van der Waals surface area contributed by atoms with Gasteiger partial charge in [-0.05, 0) is 13.8 Å². The van der Waals surface area contributed by atoms with Crippen LogP contribution in [0.4, 0.5) is 5.13 Å². The largest absolute Gasteiger partial charge is 0.337 e. The molecule has 106 valence electrons. The first-order valence-electron chi connectivity index (χ1n) is 7.24. The van der Waals surface area contributed by atoms with Gasteiger partial charge in [0.1, 0.15) is 0 Å². The Bertz CT molecular complexity index is 580. The molecule has 1 aliphatic rings. The molecular weight excluding hydrogens is 266 g/mol. The number of benzene rings is 1. The number of aromatic nitrogens is 1. The second-order valence-electron chi connectivity index (χ2n) is 5.71. The maximum atomic E-state index is 4.89. The highest BCUT2D eigenvalue weighted by atomic mass is 32.1. The van der Waals surface area contributed by atoms with Crippen molar-refractivity contribution in [1.82, 2.24) is 4.98 Å². The maximum absolute atomic E-state index is 4.89. The van der Waals surface area contributed by atoms with Crippen molar-refractivity contribution in [2.45, 2.75) is 13.8 Å². The molecule has 20 heavy (non-hydrogen) atoms. The van der Waals surface area contributed by atoms with Crippen molar-refractivity contribution in [3.63, 3.8) is 0 Å². The van der Waals surface area contributed by atoms with Gasteiger partial charge >= 0.3 is 0 Å². The third kappa shape index (κ3) is 2.72. The number of rotatable bonds is 2. The van der Waals surface area contributed by atoms with Crippen molar-refractivity contribution in [2.75, 3.05) is 38.1 Å². The Morgan fingerprint density at radius 2 is 1.75 bits per heavy atom. The number of thiazole rings is 1. The SMILES string of the molecule is Cc1ccc(-c2nc(N3CC[NH+](C)CC3)sc2C)cc1. The molecule has 3 rings (SSSR count). The molecule has 1 aliphatic heterocycles. The fourth-order valence-corrected chi connectivity index (χ4v) is 3.56. The Hall–Kier alpha value is -1.39. The molecule has 0 amide bonds. The van der Waals surface area contributed by atoms with Crippen LogP contribution in [0.2, 0.25) is 0 Å². The van der Waals surface area contributed by atoms with Crippen molar-refractivity contribution in [2.24, 2.45) is 0 Å². The maximum Gasteiger partial charge on any atom is 0.186 e. The minimum atomic E-state index is 1.12. The first kappa shape index (κ1) is 13.6. The zero-order chi connectivity index (χ0) is 14.1. The lowest BCUT2D eigenvalue weighted by Gasteiger charge is -2.29. The fraction of sp³-hybridized carbons (Fsp3) is 0.438. The lowest BCUT2D eigenvalue weighted by atomic mass is 10.1. The van der Waals surface area contributed by atoms with Crippen LogP contribution in [0.5, 0.6) is 0 Å². The third-order valence-corrected chi connectivity index (χ3v) is 5.03. The summed E-state index contributed by atoms with van der Waals surface area (Å²) in [5, 5.41) is 1.19. The van der Waals surface area contributed by atoms with E-state index in [4.69, 9.17) is 4.98 Å². The minimum absolute atomic E-state index is 1.12. The highest BCUT2D eigenvalue weighted by Crippen LogP contribution is 2.32. The molecule has 2 heterocycles. The molecule has 4 heteroatoms. The molecule has 0 unspecified atom stereocenters. The van der Waals surface area contributed by atoms with Crippen molar-refractivity contribution >= 4 is 16.5 Å². The average molecular weight is 288 g/mol. The first-order valence-corrected chi connectivity index (χ1v) is 8.06. The molecule has 0 saturated carbocycles. The summed E-state index contributed by atoms with van der Waals surface area (Å²) in [5.74, 6) is 0. The zero-order valence-corrected chi connectivity index (χ0v) is 13.3. The van der Waals surface area contributed by atoms with Crippen LogP contribution >= 0.6 is 11.3 Å². The van der Waals surface area contributed by atoms with E-state index in [-0.39, 0.29) is 0 Å². The van der Waals surface area contributed by atoms with E-state index in [1.165, 1.54) is 34.2 Å². The average Bonchev–Trinajstić information content (AvgIpc) is 2.82. The fourth-order valence-electron chi connectivity index (χ4n) is 2.58. The van der Waals surface area contributed by atoms with Crippen molar-refractivity contribution in [1.29, 1.82) is 0 Å². The molecule has 1 aromatic carbocycles. The topological polar surface area (TPSA) is 20.6 Å². The van der Waals surface area contributed by atoms with Crippen LogP contribution in [0.3, 0.4) is 0 Å². The molecule has 3 nitrogen and oxygen atoms in total. The Morgan fingerprint density at radius 3 is 2.40 bits per heavy atom. The molecule has 1 N–H and O–H groups in total. The highest BCUT2D eigenvalue weighted by molar-refractivity contribution is 7.16. The van der Waals surface area contributed by atoms with E-state index in [0.717, 1.165) is 18.8 Å². The number of likely N-dealkylation sites (N-methyl/N-ethyl adjacent to an activating group) is 1. The van der Waals surface area contributed by atoms with Crippen LogP contribution in [0.15, 0.2) is 24.3 Å². The number of nitrogens with one attached hydrogen (secondary N) is 1. The van der Waals surface area contributed by atoms with E-state index < -0.39 is 0 Å². The van der Waals surface area contributed by atoms with Crippen LogP contribution in [0.1, 0.15) is 10.4 Å². The molecule has 0 aliphatic carbocycles. The van der Waals surface area contributed by atoms with Crippen LogP contribution in [-0.2, 0) is 0 Å². The molecule has 0 bridgehead atoms. The van der Waals surface area contributed by atoms with Gasteiger partial charge in [0.2, 0.25) is 0 Å². The number of piperazine rings is 1. The van der Waals surface area contributed by atoms with Gasteiger partial charge in [-0.15, -0.1) is 11.3 Å². The minimum Gasteiger partial charge on any atom is -0.337 e. The molecule has 0 radical (unpaired) electrons. The lowest BCUT2D eigenvalue weighted by Crippen LogP contribution is -3.12. The Morgan fingerprint density at radius 1 is 1.10 bits per heavy atom. The van der Waals surface area contributed by atoms with Gasteiger partial charge in [-0.25, -0.2) is 4.98 Å². The lowest BCUT2D eigenvalue weighted by molar-refractivity contribution is -0.880. The van der Waals surface area contributed by atoms with Crippen molar-refractivity contribution in [3.8, 4) is 11.3 Å². The van der Waals surface area contributed by atoms with E-state index in [9.17, 15) is 0 Å². The Labute approximate surface area is 124 Å². The molecule has 0 atom stereocenters. The standard InChI is InChI=1S/C16H21N3S/c1-12-4-6-14(7-5-12)15-13(2)20-16(17-15)19-10-8-18(3)9-11-19/h4-7H,8-11H2,1-3H3/p+1. The van der Waals surface area contributed by atoms with E-state index >= 15 is 0 Å². The first-order chi connectivity index (χ1) is 9.63. The van der Waals surface area contributed by atoms with E-state index in [1.807, 2.05) is 11.3 Å². The van der Waals surface area contributed by atoms with Gasteiger partial charge in [0.05, 0.1) is 38.9 Å². The number of hydrogen-bond donors (Lipinski definition) is 1. The van der Waals surface area contributed by atoms with Crippen LogP contribution < -0.4 is 9.80 Å². The predicted octanol–water partition coefficient (Wildman–Crippen LogP) is 1.76. The monoisotopic (exact) mass is 288 g/mol. The number of quaternary nitrogens is 1. The molecule has 1 aromatic heterocycles. The number of hydrogen-bond acceptors (Lipinski definition) is 3. The molecule has 1 fully saturated rings. The molecule has 0 spiro atoms. The van der Waals surface area contributed by atoms with Crippen molar-refractivity contribution < 1.29 is 4.90 Å². The summed E-state index contributed by atoms with van der Waals surface area (Å²) in [6, 6.07) is 8.67. The molecular formula is C16H22N3S+. The van der Waals surface area contributed by atoms with Gasteiger partial charge in [-0.1, -0.05) is 29.8 Å². The Balaban J connectivity index is 1.85. The third-order valence-electron chi connectivity index (χ3n) is 4.00. The summed E-state index contributed by atoms with van der Waals surface area (Å²) in [6.45, 7) is 8.95. The summed E-state index contributed by atoms with van der Waals surface area (Å²) in [6.07, 6.45) is 0. The molecule has 2 aromatic rings. The van der Waals surface area contributed by atoms with Crippen LogP contribution in [0.25, 0.3) is 11.3 Å². The highest BCUT2D eigenvalue weighted by Gasteiger charge is 2.21. The summed E-state index contributed by atoms with van der Waals surface area (Å²) in [7, 11) is 2.27. The van der Waals surface area contributed by atoms with E-state index in [2.05, 4.69) is 50.1 Å². The quantitative estimate of drug-likeness (QED) is 0.909. The zero-order valence-electron chi connectivity index (χ0n) is 12.4. The van der Waals surface area contributed by atoms with E-state index in [0.29, 0.717) is 0 Å². The van der Waals surface area contributed by atoms with Crippen molar-refractivity contribution in [3.05, 3.63) is 34.7 Å². The number of nitrogens with zero attached hydrogens (tertiary/aromatic N) is 2. The van der Waals surface area contributed by atoms with Gasteiger partial charge in [0.15, 0.2) is 5.13 Å². The van der Waals surface area contributed by atoms with Gasteiger partial charge in [-0.2, -0.15) is 0 Å². The molecule has 1 saturated heterocycles. The van der Waals surface area contributed by atoms with Crippen LogP contribution in [-0.4, -0.2) is 38.2 Å². The smallest absolute Gasteiger partial charge is 0.186 e. The van der Waals surface area contributed by atoms with E-state index in [1.54, 1.807) is 4.90 Å². The number of aryl methyl sites for hydroxylation is 2.